The topological polar surface area (TPSA) is 104 Å². The van der Waals surface area contributed by atoms with E-state index >= 15 is 0 Å². The van der Waals surface area contributed by atoms with E-state index in [0.717, 1.165) is 6.26 Å². The average Bonchev–Trinajstić information content (AvgIpc) is 2.76. The molecule has 2 aromatic carbocycles. The van der Waals surface area contributed by atoms with Gasteiger partial charge in [-0.15, -0.1) is 0 Å². The minimum absolute atomic E-state index is 0.194. The Morgan fingerprint density at radius 2 is 1.88 bits per heavy atom. The molecule has 0 saturated carbocycles. The molecular weight excluding hydrogens is 445 g/mol. The van der Waals surface area contributed by atoms with Crippen LogP contribution in [0.25, 0.3) is 11.1 Å². The zero-order valence-corrected chi connectivity index (χ0v) is 19.9. The zero-order valence-electron chi connectivity index (χ0n) is 19.1. The maximum atomic E-state index is 14.3. The number of sulfone groups is 1. The highest BCUT2D eigenvalue weighted by atomic mass is 32.2. The number of pyridine rings is 1. The standard InChI is InChI=1S/C24H28FN3O4S/c1-5-32-22-12-16(10-11-21(22)31-3)20(14-33(4,29)30)28-24-23(26)15(2)18(13-27-24)17-8-6-7-9-19(17)25/h6-13,20H,5,14,26H2,1-4H3,(H,27,28)/t20-/m1/s1. The van der Waals surface area contributed by atoms with E-state index in [1.807, 2.05) is 6.92 Å². The van der Waals surface area contributed by atoms with Crippen molar-refractivity contribution in [2.24, 2.45) is 0 Å². The van der Waals surface area contributed by atoms with E-state index in [2.05, 4.69) is 10.3 Å². The van der Waals surface area contributed by atoms with Crippen molar-refractivity contribution in [3.63, 3.8) is 0 Å². The minimum Gasteiger partial charge on any atom is -0.493 e. The van der Waals surface area contributed by atoms with Crippen LogP contribution in [0, 0.1) is 12.7 Å². The summed E-state index contributed by atoms with van der Waals surface area (Å²) in [6.45, 7) is 4.05. The van der Waals surface area contributed by atoms with Crippen LogP contribution in [0.15, 0.2) is 48.7 Å². The number of halogens is 1. The molecule has 0 spiro atoms. The SMILES string of the molecule is CCOc1cc([C@@H](CS(C)(=O)=O)Nc2ncc(-c3ccccc3F)c(C)c2N)ccc1OC. The molecule has 1 aromatic heterocycles. The molecule has 3 aromatic rings. The minimum atomic E-state index is -3.36. The fourth-order valence-corrected chi connectivity index (χ4v) is 4.43. The highest BCUT2D eigenvalue weighted by Gasteiger charge is 2.22. The number of methoxy groups -OCH3 is 1. The number of benzene rings is 2. The number of aromatic nitrogens is 1. The maximum Gasteiger partial charge on any atom is 0.161 e. The van der Waals surface area contributed by atoms with E-state index in [1.165, 1.54) is 19.4 Å². The number of hydrogen-bond acceptors (Lipinski definition) is 7. The lowest BCUT2D eigenvalue weighted by atomic mass is 10.0. The molecule has 1 heterocycles. The molecule has 1 atom stereocenters. The Labute approximate surface area is 193 Å². The number of hydrogen-bond donors (Lipinski definition) is 2. The van der Waals surface area contributed by atoms with Gasteiger partial charge in [-0.1, -0.05) is 24.3 Å². The molecule has 7 nitrogen and oxygen atoms in total. The highest BCUT2D eigenvalue weighted by molar-refractivity contribution is 7.90. The lowest BCUT2D eigenvalue weighted by molar-refractivity contribution is 0.310. The van der Waals surface area contributed by atoms with Gasteiger partial charge in [-0.25, -0.2) is 17.8 Å². The number of nitrogens with two attached hydrogens (primary N) is 1. The fourth-order valence-electron chi connectivity index (χ4n) is 3.55. The summed E-state index contributed by atoms with van der Waals surface area (Å²) in [4.78, 5) is 4.39. The number of rotatable bonds is 9. The number of nitrogens with zero attached hydrogens (tertiary/aromatic N) is 1. The third-order valence-electron chi connectivity index (χ3n) is 5.22. The number of anilines is 2. The van der Waals surface area contributed by atoms with Crippen LogP contribution in [-0.2, 0) is 9.84 Å². The Morgan fingerprint density at radius 1 is 1.15 bits per heavy atom. The Balaban J connectivity index is 2.02. The third kappa shape index (κ3) is 5.73. The van der Waals surface area contributed by atoms with Gasteiger partial charge in [0, 0.05) is 23.6 Å². The first kappa shape index (κ1) is 24.3. The Kier molecular flexibility index (Phi) is 7.43. The van der Waals surface area contributed by atoms with E-state index in [1.54, 1.807) is 43.3 Å². The van der Waals surface area contributed by atoms with Gasteiger partial charge in [0.25, 0.3) is 0 Å². The molecule has 0 bridgehead atoms. The van der Waals surface area contributed by atoms with Gasteiger partial charge in [0.1, 0.15) is 21.5 Å². The molecule has 0 aliphatic carbocycles. The van der Waals surface area contributed by atoms with E-state index < -0.39 is 15.9 Å². The van der Waals surface area contributed by atoms with Gasteiger partial charge < -0.3 is 20.5 Å². The second-order valence-corrected chi connectivity index (χ2v) is 9.86. The monoisotopic (exact) mass is 473 g/mol. The quantitative estimate of drug-likeness (QED) is 0.475. The summed E-state index contributed by atoms with van der Waals surface area (Å²) < 4.78 is 49.6. The molecule has 3 rings (SSSR count). The normalized spacial score (nSPS) is 12.3. The highest BCUT2D eigenvalue weighted by Crippen LogP contribution is 2.35. The first-order valence-electron chi connectivity index (χ1n) is 10.4. The summed E-state index contributed by atoms with van der Waals surface area (Å²) in [6.07, 6.45) is 2.70. The van der Waals surface area contributed by atoms with Gasteiger partial charge in [0.2, 0.25) is 0 Å². The lowest BCUT2D eigenvalue weighted by Crippen LogP contribution is -2.22. The van der Waals surface area contributed by atoms with Crippen LogP contribution in [-0.4, -0.2) is 39.1 Å². The van der Waals surface area contributed by atoms with Crippen LogP contribution >= 0.6 is 0 Å². The van der Waals surface area contributed by atoms with Crippen molar-refractivity contribution in [3.05, 3.63) is 65.6 Å². The van der Waals surface area contributed by atoms with Crippen LogP contribution in [0.5, 0.6) is 11.5 Å². The molecule has 0 aliphatic heterocycles. The van der Waals surface area contributed by atoms with Crippen molar-refractivity contribution in [1.82, 2.24) is 4.98 Å². The smallest absolute Gasteiger partial charge is 0.161 e. The molecule has 0 saturated heterocycles. The molecule has 0 unspecified atom stereocenters. The van der Waals surface area contributed by atoms with Crippen LogP contribution in [0.4, 0.5) is 15.9 Å². The predicted octanol–water partition coefficient (Wildman–Crippen LogP) is 4.38. The van der Waals surface area contributed by atoms with Gasteiger partial charge in [-0.2, -0.15) is 0 Å². The maximum absolute atomic E-state index is 14.3. The summed E-state index contributed by atoms with van der Waals surface area (Å²) in [5.74, 6) is 0.792. The van der Waals surface area contributed by atoms with Crippen molar-refractivity contribution in [2.75, 3.05) is 36.8 Å². The van der Waals surface area contributed by atoms with Gasteiger partial charge in [0.15, 0.2) is 11.5 Å². The summed E-state index contributed by atoms with van der Waals surface area (Å²) in [5.41, 5.74) is 8.92. The van der Waals surface area contributed by atoms with Crippen molar-refractivity contribution < 1.29 is 22.3 Å². The van der Waals surface area contributed by atoms with Crippen molar-refractivity contribution >= 4 is 21.3 Å². The Morgan fingerprint density at radius 3 is 2.52 bits per heavy atom. The molecular formula is C24H28FN3O4S. The number of nitrogen functional groups attached to an aromatic ring is 1. The summed E-state index contributed by atoms with van der Waals surface area (Å²) in [5, 5.41) is 3.16. The largest absolute Gasteiger partial charge is 0.493 e. The number of nitrogens with one attached hydrogen (secondary N) is 1. The molecule has 9 heteroatoms. The average molecular weight is 474 g/mol. The molecule has 0 amide bonds. The van der Waals surface area contributed by atoms with Crippen LogP contribution in [0.2, 0.25) is 0 Å². The first-order valence-corrected chi connectivity index (χ1v) is 12.5. The van der Waals surface area contributed by atoms with E-state index in [-0.39, 0.29) is 11.6 Å². The van der Waals surface area contributed by atoms with Gasteiger partial charge in [-0.3, -0.25) is 0 Å². The molecule has 0 aliphatic rings. The molecule has 33 heavy (non-hydrogen) atoms. The van der Waals surface area contributed by atoms with Gasteiger partial charge in [-0.05, 0) is 43.2 Å². The van der Waals surface area contributed by atoms with Crippen molar-refractivity contribution in [2.45, 2.75) is 19.9 Å². The van der Waals surface area contributed by atoms with Crippen LogP contribution in [0.3, 0.4) is 0 Å². The second-order valence-electron chi connectivity index (χ2n) is 7.67. The molecule has 176 valence electrons. The van der Waals surface area contributed by atoms with E-state index in [9.17, 15) is 12.8 Å². The summed E-state index contributed by atoms with van der Waals surface area (Å²) in [6, 6.07) is 11.0. The summed E-state index contributed by atoms with van der Waals surface area (Å²) >= 11 is 0. The van der Waals surface area contributed by atoms with Crippen molar-refractivity contribution in [3.8, 4) is 22.6 Å². The second kappa shape index (κ2) is 10.1. The Hall–Kier alpha value is -3.33. The zero-order chi connectivity index (χ0) is 24.2. The van der Waals surface area contributed by atoms with Gasteiger partial charge >= 0.3 is 0 Å². The van der Waals surface area contributed by atoms with Crippen LogP contribution in [0.1, 0.15) is 24.1 Å². The van der Waals surface area contributed by atoms with Crippen LogP contribution < -0.4 is 20.5 Å². The lowest BCUT2D eigenvalue weighted by Gasteiger charge is -2.22. The van der Waals surface area contributed by atoms with Gasteiger partial charge in [0.05, 0.1) is 31.2 Å². The molecule has 0 radical (unpaired) electrons. The molecule has 0 fully saturated rings. The first-order chi connectivity index (χ1) is 15.6. The molecule has 3 N–H and O–H groups in total. The Bertz CT molecular complexity index is 1250. The third-order valence-corrected chi connectivity index (χ3v) is 6.16. The fraction of sp³-hybridized carbons (Fsp3) is 0.292. The van der Waals surface area contributed by atoms with E-state index in [4.69, 9.17) is 15.2 Å². The predicted molar refractivity (Wildman–Crippen MR) is 129 cm³/mol. The van der Waals surface area contributed by atoms with E-state index in [0.29, 0.717) is 51.9 Å². The number of ether oxygens (including phenoxy) is 2. The van der Waals surface area contributed by atoms with Crippen molar-refractivity contribution in [1.29, 1.82) is 0 Å². The summed E-state index contributed by atoms with van der Waals surface area (Å²) in [7, 11) is -1.83.